The molecule has 1 saturated carbocycles. The number of carboxylic acids is 1. The molecule has 5 heteroatoms. The van der Waals surface area contributed by atoms with Crippen LogP contribution in [0.2, 0.25) is 0 Å². The summed E-state index contributed by atoms with van der Waals surface area (Å²) >= 11 is 1.65. The largest absolute Gasteiger partial charge is 0.481 e. The van der Waals surface area contributed by atoms with Gasteiger partial charge in [0.15, 0.2) is 0 Å². The van der Waals surface area contributed by atoms with Crippen molar-refractivity contribution >= 4 is 17.3 Å². The summed E-state index contributed by atoms with van der Waals surface area (Å²) in [5.41, 5.74) is 1.05. The molecule has 1 aliphatic carbocycles. The maximum absolute atomic E-state index is 11.4. The topological polar surface area (TPSA) is 53.4 Å². The number of aromatic nitrogens is 1. The van der Waals surface area contributed by atoms with Crippen LogP contribution < -0.4 is 0 Å². The van der Waals surface area contributed by atoms with Crippen LogP contribution in [0.5, 0.6) is 0 Å². The SMILES string of the molecule is Cc1nc(CN(C)C2CCCCCC2C(=O)O)cs1. The molecule has 1 aromatic heterocycles. The van der Waals surface area contributed by atoms with E-state index in [1.165, 1.54) is 0 Å². The first-order valence-electron chi connectivity index (χ1n) is 6.92. The molecule has 1 aliphatic rings. The standard InChI is InChI=1S/C14H22N2O2S/c1-10-15-11(9-19-10)8-16(2)13-7-5-3-4-6-12(13)14(17)18/h9,12-13H,3-8H2,1-2H3,(H,17,18). The Labute approximate surface area is 118 Å². The molecule has 2 atom stereocenters. The quantitative estimate of drug-likeness (QED) is 0.863. The van der Waals surface area contributed by atoms with E-state index in [0.717, 1.165) is 49.4 Å². The van der Waals surface area contributed by atoms with Gasteiger partial charge in [-0.05, 0) is 26.8 Å². The molecular formula is C14H22N2O2S. The Hall–Kier alpha value is -0.940. The van der Waals surface area contributed by atoms with Crippen molar-refractivity contribution in [2.45, 2.75) is 51.6 Å². The van der Waals surface area contributed by atoms with Crippen LogP contribution in [0.4, 0.5) is 0 Å². The third kappa shape index (κ3) is 3.76. The second-order valence-electron chi connectivity index (χ2n) is 5.42. The zero-order valence-corrected chi connectivity index (χ0v) is 12.4. The molecule has 0 aliphatic heterocycles. The van der Waals surface area contributed by atoms with Crippen molar-refractivity contribution in [1.82, 2.24) is 9.88 Å². The Morgan fingerprint density at radius 1 is 1.47 bits per heavy atom. The fourth-order valence-corrected chi connectivity index (χ4v) is 3.56. The summed E-state index contributed by atoms with van der Waals surface area (Å²) in [6, 6.07) is 0.141. The Bertz CT molecular complexity index is 433. The second kappa shape index (κ2) is 6.48. The number of thiazole rings is 1. The Balaban J connectivity index is 2.05. The molecule has 4 nitrogen and oxygen atoms in total. The van der Waals surface area contributed by atoms with Crippen molar-refractivity contribution in [2.75, 3.05) is 7.05 Å². The molecule has 1 aromatic rings. The van der Waals surface area contributed by atoms with Gasteiger partial charge in [0.05, 0.1) is 16.6 Å². The molecule has 0 saturated heterocycles. The number of hydrogen-bond donors (Lipinski definition) is 1. The summed E-state index contributed by atoms with van der Waals surface area (Å²) in [5.74, 6) is -0.875. The summed E-state index contributed by atoms with van der Waals surface area (Å²) in [6.45, 7) is 2.75. The van der Waals surface area contributed by atoms with E-state index in [0.29, 0.717) is 0 Å². The number of nitrogens with zero attached hydrogens (tertiary/aromatic N) is 2. The third-order valence-electron chi connectivity index (χ3n) is 3.94. The third-order valence-corrected chi connectivity index (χ3v) is 4.76. The van der Waals surface area contributed by atoms with E-state index in [4.69, 9.17) is 0 Å². The van der Waals surface area contributed by atoms with E-state index in [1.807, 2.05) is 14.0 Å². The van der Waals surface area contributed by atoms with E-state index in [9.17, 15) is 9.90 Å². The lowest BCUT2D eigenvalue weighted by molar-refractivity contribution is -0.144. The summed E-state index contributed by atoms with van der Waals surface area (Å²) in [6.07, 6.45) is 5.12. The lowest BCUT2D eigenvalue weighted by atomic mass is 9.93. The smallest absolute Gasteiger partial charge is 0.308 e. The van der Waals surface area contributed by atoms with Crippen molar-refractivity contribution in [3.05, 3.63) is 16.1 Å². The van der Waals surface area contributed by atoms with E-state index >= 15 is 0 Å². The van der Waals surface area contributed by atoms with Crippen LogP contribution >= 0.6 is 11.3 Å². The highest BCUT2D eigenvalue weighted by Crippen LogP contribution is 2.28. The van der Waals surface area contributed by atoms with E-state index in [2.05, 4.69) is 15.3 Å². The molecule has 2 rings (SSSR count). The molecule has 19 heavy (non-hydrogen) atoms. The highest BCUT2D eigenvalue weighted by Gasteiger charge is 2.32. The number of aliphatic carboxylic acids is 1. The molecule has 0 radical (unpaired) electrons. The van der Waals surface area contributed by atoms with Crippen LogP contribution in [0.15, 0.2) is 5.38 Å². The molecule has 1 fully saturated rings. The van der Waals surface area contributed by atoms with Crippen molar-refractivity contribution < 1.29 is 9.90 Å². The van der Waals surface area contributed by atoms with Crippen LogP contribution in [0.25, 0.3) is 0 Å². The van der Waals surface area contributed by atoms with Gasteiger partial charge in [-0.3, -0.25) is 9.69 Å². The first-order chi connectivity index (χ1) is 9.08. The van der Waals surface area contributed by atoms with Gasteiger partial charge in [0.2, 0.25) is 0 Å². The highest BCUT2D eigenvalue weighted by molar-refractivity contribution is 7.09. The van der Waals surface area contributed by atoms with E-state index in [1.54, 1.807) is 11.3 Å². The molecule has 0 aromatic carbocycles. The first kappa shape index (κ1) is 14.5. The Morgan fingerprint density at radius 2 is 2.21 bits per heavy atom. The predicted octanol–water partition coefficient (Wildman–Crippen LogP) is 2.92. The van der Waals surface area contributed by atoms with Gasteiger partial charge in [0, 0.05) is 18.0 Å². The number of rotatable bonds is 4. The summed E-state index contributed by atoms with van der Waals surface area (Å²) in [4.78, 5) is 18.1. The van der Waals surface area contributed by atoms with Crippen molar-refractivity contribution in [1.29, 1.82) is 0 Å². The molecular weight excluding hydrogens is 260 g/mol. The zero-order chi connectivity index (χ0) is 13.8. The molecule has 0 amide bonds. The molecule has 1 heterocycles. The van der Waals surface area contributed by atoms with E-state index in [-0.39, 0.29) is 12.0 Å². The van der Waals surface area contributed by atoms with Gasteiger partial charge in [-0.15, -0.1) is 11.3 Å². The average Bonchev–Trinajstić information content (AvgIpc) is 2.65. The maximum Gasteiger partial charge on any atom is 0.308 e. The number of hydrogen-bond acceptors (Lipinski definition) is 4. The van der Waals surface area contributed by atoms with Gasteiger partial charge >= 0.3 is 5.97 Å². The molecule has 2 unspecified atom stereocenters. The minimum atomic E-state index is -0.645. The number of carboxylic acid groups (broad SMARTS) is 1. The highest BCUT2D eigenvalue weighted by atomic mass is 32.1. The molecule has 106 valence electrons. The molecule has 0 spiro atoms. The Morgan fingerprint density at radius 3 is 2.84 bits per heavy atom. The van der Waals surface area contributed by atoms with Gasteiger partial charge in [0.1, 0.15) is 0 Å². The zero-order valence-electron chi connectivity index (χ0n) is 11.6. The van der Waals surface area contributed by atoms with Gasteiger partial charge in [0.25, 0.3) is 0 Å². The molecule has 0 bridgehead atoms. The monoisotopic (exact) mass is 282 g/mol. The van der Waals surface area contributed by atoms with Gasteiger partial charge in [-0.25, -0.2) is 4.98 Å². The first-order valence-corrected chi connectivity index (χ1v) is 7.80. The molecule has 1 N–H and O–H groups in total. The fraction of sp³-hybridized carbons (Fsp3) is 0.714. The van der Waals surface area contributed by atoms with E-state index < -0.39 is 5.97 Å². The minimum absolute atomic E-state index is 0.141. The van der Waals surface area contributed by atoms with Crippen LogP contribution in [0.1, 0.15) is 42.8 Å². The second-order valence-corrected chi connectivity index (χ2v) is 6.49. The van der Waals surface area contributed by atoms with Crippen LogP contribution in [-0.4, -0.2) is 34.0 Å². The lowest BCUT2D eigenvalue weighted by Gasteiger charge is -2.30. The summed E-state index contributed by atoms with van der Waals surface area (Å²) < 4.78 is 0. The normalized spacial score (nSPS) is 24.4. The minimum Gasteiger partial charge on any atom is -0.481 e. The van der Waals surface area contributed by atoms with Crippen LogP contribution in [-0.2, 0) is 11.3 Å². The maximum atomic E-state index is 11.4. The average molecular weight is 282 g/mol. The van der Waals surface area contributed by atoms with Crippen molar-refractivity contribution in [3.63, 3.8) is 0 Å². The van der Waals surface area contributed by atoms with Crippen LogP contribution in [0, 0.1) is 12.8 Å². The fourth-order valence-electron chi connectivity index (χ4n) is 2.96. The lowest BCUT2D eigenvalue weighted by Crippen LogP contribution is -2.40. The number of aryl methyl sites for hydroxylation is 1. The summed E-state index contributed by atoms with van der Waals surface area (Å²) in [7, 11) is 2.03. The number of carbonyl (C=O) groups is 1. The van der Waals surface area contributed by atoms with Gasteiger partial charge < -0.3 is 5.11 Å². The van der Waals surface area contributed by atoms with Crippen molar-refractivity contribution in [3.8, 4) is 0 Å². The van der Waals surface area contributed by atoms with Crippen LogP contribution in [0.3, 0.4) is 0 Å². The predicted molar refractivity (Wildman–Crippen MR) is 76.3 cm³/mol. The van der Waals surface area contributed by atoms with Gasteiger partial charge in [-0.1, -0.05) is 19.3 Å². The van der Waals surface area contributed by atoms with Gasteiger partial charge in [-0.2, -0.15) is 0 Å². The summed E-state index contributed by atoms with van der Waals surface area (Å²) in [5, 5.41) is 12.5. The Kier molecular flexibility index (Phi) is 4.93. The van der Waals surface area contributed by atoms with Crippen molar-refractivity contribution in [2.24, 2.45) is 5.92 Å².